The topological polar surface area (TPSA) is 78.9 Å². The first-order valence-electron chi connectivity index (χ1n) is 31.7. The van der Waals surface area contributed by atoms with Gasteiger partial charge in [0.15, 0.2) is 6.10 Å². The van der Waals surface area contributed by atoms with E-state index in [1.807, 2.05) is 0 Å². The van der Waals surface area contributed by atoms with Gasteiger partial charge in [0.1, 0.15) is 13.2 Å². The maximum atomic E-state index is 12.9. The zero-order valence-electron chi connectivity index (χ0n) is 49.9. The summed E-state index contributed by atoms with van der Waals surface area (Å²) < 4.78 is 16.9. The molecule has 0 saturated carbocycles. The Kier molecular flexibility index (Phi) is 60.4. The SMILES string of the molecule is CC/C=C\C/C=C\C/C=C\C/C=C\C/C=C\C/C=C\C/C=C\C/C=C\CCCCCCC(=O)OCC(COC(=O)CCCCC/C=C\C/C=C\C/C=C\CC)OC(=O)CCCCCCCCCCCCCCCCCCC. The van der Waals surface area contributed by atoms with Crippen LogP contribution in [0.1, 0.15) is 278 Å². The molecule has 6 nitrogen and oxygen atoms in total. The summed E-state index contributed by atoms with van der Waals surface area (Å²) in [5, 5.41) is 0. The lowest BCUT2D eigenvalue weighted by Crippen LogP contribution is -2.30. The predicted molar refractivity (Wildman–Crippen MR) is 334 cm³/mol. The second-order valence-electron chi connectivity index (χ2n) is 20.6. The van der Waals surface area contributed by atoms with Gasteiger partial charge >= 0.3 is 17.9 Å². The zero-order chi connectivity index (χ0) is 55.7. The van der Waals surface area contributed by atoms with Crippen LogP contribution in [0.25, 0.3) is 0 Å². The molecule has 0 N–H and O–H groups in total. The van der Waals surface area contributed by atoms with Crippen LogP contribution in [0.5, 0.6) is 0 Å². The van der Waals surface area contributed by atoms with Crippen LogP contribution in [0.15, 0.2) is 134 Å². The van der Waals surface area contributed by atoms with Crippen LogP contribution < -0.4 is 0 Å². The minimum Gasteiger partial charge on any atom is -0.462 e. The third-order valence-corrected chi connectivity index (χ3v) is 13.2. The van der Waals surface area contributed by atoms with Crippen LogP contribution in [-0.4, -0.2) is 37.2 Å². The Morgan fingerprint density at radius 1 is 0.273 bits per heavy atom. The average Bonchev–Trinajstić information content (AvgIpc) is 3.43. The summed E-state index contributed by atoms with van der Waals surface area (Å²) >= 11 is 0. The molecule has 77 heavy (non-hydrogen) atoms. The van der Waals surface area contributed by atoms with Gasteiger partial charge in [-0.25, -0.2) is 0 Å². The van der Waals surface area contributed by atoms with E-state index in [0.717, 1.165) is 148 Å². The van der Waals surface area contributed by atoms with E-state index in [1.165, 1.54) is 89.9 Å². The second kappa shape index (κ2) is 64.1. The molecule has 0 aliphatic rings. The number of hydrogen-bond acceptors (Lipinski definition) is 6. The smallest absolute Gasteiger partial charge is 0.306 e. The monoisotopic (exact) mass is 1060 g/mol. The van der Waals surface area contributed by atoms with Gasteiger partial charge in [0.2, 0.25) is 0 Å². The van der Waals surface area contributed by atoms with Gasteiger partial charge in [0.05, 0.1) is 0 Å². The molecule has 6 heteroatoms. The molecule has 1 unspecified atom stereocenters. The van der Waals surface area contributed by atoms with Crippen molar-refractivity contribution in [2.45, 2.75) is 284 Å². The van der Waals surface area contributed by atoms with Crippen molar-refractivity contribution < 1.29 is 28.6 Å². The van der Waals surface area contributed by atoms with Gasteiger partial charge in [-0.05, 0) is 116 Å². The van der Waals surface area contributed by atoms with Crippen molar-refractivity contribution >= 4 is 17.9 Å². The molecule has 0 rings (SSSR count). The molecular weight excluding hydrogens is 949 g/mol. The first-order valence-corrected chi connectivity index (χ1v) is 31.7. The minimum absolute atomic E-state index is 0.103. The largest absolute Gasteiger partial charge is 0.462 e. The standard InChI is InChI=1S/C71H116O6/c1-4-7-10-13-16-19-22-25-27-29-30-31-32-33-34-35-36-37-38-39-40-42-43-46-49-52-55-58-61-64-70(73)76-67-68(66-75-69(72)63-60-57-54-51-48-45-24-21-18-15-12-9-6-3)77-71(74)65-62-59-56-53-50-47-44-41-28-26-23-20-17-14-11-8-5-2/h7,9-10,12,16,18-19,21,25,27,30-31,33-34,36-37,39-40,43,45-46,48,68H,4-6,8,11,13-15,17,20,22-24,26,28-29,32,35,38,41-42,44,47,49-67H2,1-3H3/b10-7-,12-9-,19-16-,21-18-,27-25-,31-30-,34-33-,37-36-,40-39-,46-43-,48-45-. The molecule has 0 aromatic rings. The van der Waals surface area contributed by atoms with E-state index >= 15 is 0 Å². The first kappa shape index (κ1) is 72.5. The lowest BCUT2D eigenvalue weighted by atomic mass is 10.0. The lowest BCUT2D eigenvalue weighted by Gasteiger charge is -2.18. The van der Waals surface area contributed by atoms with Crippen molar-refractivity contribution in [1.29, 1.82) is 0 Å². The molecule has 0 aliphatic heterocycles. The Bertz CT molecular complexity index is 1650. The zero-order valence-corrected chi connectivity index (χ0v) is 49.9. The van der Waals surface area contributed by atoms with Gasteiger partial charge in [0.25, 0.3) is 0 Å². The van der Waals surface area contributed by atoms with E-state index in [4.69, 9.17) is 14.2 Å². The fourth-order valence-electron chi connectivity index (χ4n) is 8.47. The molecule has 0 radical (unpaired) electrons. The third-order valence-electron chi connectivity index (χ3n) is 13.2. The summed E-state index contributed by atoms with van der Waals surface area (Å²) in [6.45, 7) is 6.38. The van der Waals surface area contributed by atoms with Crippen molar-refractivity contribution in [3.05, 3.63) is 134 Å². The van der Waals surface area contributed by atoms with Crippen molar-refractivity contribution in [1.82, 2.24) is 0 Å². The second-order valence-corrected chi connectivity index (χ2v) is 20.6. The van der Waals surface area contributed by atoms with Crippen LogP contribution >= 0.6 is 0 Å². The van der Waals surface area contributed by atoms with Crippen molar-refractivity contribution in [3.63, 3.8) is 0 Å². The fraction of sp³-hybridized carbons (Fsp3) is 0.648. The highest BCUT2D eigenvalue weighted by molar-refractivity contribution is 5.71. The van der Waals surface area contributed by atoms with E-state index in [-0.39, 0.29) is 31.1 Å². The minimum atomic E-state index is -0.804. The Labute approximate surface area is 475 Å². The average molecular weight is 1070 g/mol. The van der Waals surface area contributed by atoms with Gasteiger partial charge in [0, 0.05) is 19.3 Å². The summed E-state index contributed by atoms with van der Waals surface area (Å²) in [6, 6.07) is 0. The Hall–Kier alpha value is -4.45. The first-order chi connectivity index (χ1) is 38.0. The van der Waals surface area contributed by atoms with Crippen molar-refractivity contribution in [3.8, 4) is 0 Å². The van der Waals surface area contributed by atoms with Crippen LogP contribution in [0.3, 0.4) is 0 Å². The van der Waals surface area contributed by atoms with E-state index in [2.05, 4.69) is 154 Å². The number of allylic oxidation sites excluding steroid dienone is 22. The molecule has 0 aromatic heterocycles. The van der Waals surface area contributed by atoms with Crippen LogP contribution in [0, 0.1) is 0 Å². The summed E-state index contributed by atoms with van der Waals surface area (Å²) in [6.07, 6.45) is 90.3. The van der Waals surface area contributed by atoms with Crippen LogP contribution in [-0.2, 0) is 28.6 Å². The molecule has 0 amide bonds. The number of carbonyl (C=O) groups excluding carboxylic acids is 3. The predicted octanol–water partition coefficient (Wildman–Crippen LogP) is 21.8. The summed E-state index contributed by atoms with van der Waals surface area (Å²) in [4.78, 5) is 38.3. The maximum absolute atomic E-state index is 12.9. The summed E-state index contributed by atoms with van der Waals surface area (Å²) in [5.74, 6) is -0.951. The fourth-order valence-corrected chi connectivity index (χ4v) is 8.47. The molecule has 0 aliphatic carbocycles. The Balaban J connectivity index is 4.39. The van der Waals surface area contributed by atoms with E-state index < -0.39 is 6.10 Å². The van der Waals surface area contributed by atoms with Crippen LogP contribution in [0.4, 0.5) is 0 Å². The molecule has 0 heterocycles. The third kappa shape index (κ3) is 62.3. The molecule has 1 atom stereocenters. The van der Waals surface area contributed by atoms with Crippen LogP contribution in [0.2, 0.25) is 0 Å². The molecule has 0 bridgehead atoms. The molecule has 0 aromatic carbocycles. The van der Waals surface area contributed by atoms with Gasteiger partial charge in [-0.15, -0.1) is 0 Å². The van der Waals surface area contributed by atoms with Gasteiger partial charge in [-0.3, -0.25) is 14.4 Å². The quantitative estimate of drug-likeness (QED) is 0.0261. The highest BCUT2D eigenvalue weighted by Gasteiger charge is 2.19. The maximum Gasteiger partial charge on any atom is 0.306 e. The summed E-state index contributed by atoms with van der Waals surface area (Å²) in [5.41, 5.74) is 0. The molecule has 0 spiro atoms. The highest BCUT2D eigenvalue weighted by atomic mass is 16.6. The molecule has 436 valence electrons. The normalized spacial score (nSPS) is 13.0. The number of unbranched alkanes of at least 4 members (excludes halogenated alkanes) is 23. The van der Waals surface area contributed by atoms with Gasteiger partial charge in [-0.2, -0.15) is 0 Å². The van der Waals surface area contributed by atoms with E-state index in [9.17, 15) is 14.4 Å². The number of ether oxygens (including phenoxy) is 3. The Morgan fingerprint density at radius 3 is 0.805 bits per heavy atom. The summed E-state index contributed by atoms with van der Waals surface area (Å²) in [7, 11) is 0. The number of esters is 3. The number of hydrogen-bond donors (Lipinski definition) is 0. The Morgan fingerprint density at radius 2 is 0.506 bits per heavy atom. The lowest BCUT2D eigenvalue weighted by molar-refractivity contribution is -0.167. The number of carbonyl (C=O) groups is 3. The van der Waals surface area contributed by atoms with Crippen molar-refractivity contribution in [2.75, 3.05) is 13.2 Å². The van der Waals surface area contributed by atoms with E-state index in [1.54, 1.807) is 0 Å². The van der Waals surface area contributed by atoms with Gasteiger partial charge in [-0.1, -0.05) is 276 Å². The molecule has 0 saturated heterocycles. The molecule has 0 fully saturated rings. The number of rotatable bonds is 56. The highest BCUT2D eigenvalue weighted by Crippen LogP contribution is 2.16. The van der Waals surface area contributed by atoms with Crippen molar-refractivity contribution in [2.24, 2.45) is 0 Å². The van der Waals surface area contributed by atoms with Gasteiger partial charge < -0.3 is 14.2 Å². The molecular formula is C71H116O6. The van der Waals surface area contributed by atoms with E-state index in [0.29, 0.717) is 19.3 Å².